The minimum absolute atomic E-state index is 0.157. The zero-order valence-electron chi connectivity index (χ0n) is 11.0. The van der Waals surface area contributed by atoms with Crippen LogP contribution < -0.4 is 5.73 Å². The number of ketones is 1. The third-order valence-electron chi connectivity index (χ3n) is 3.30. The Bertz CT molecular complexity index is 336. The van der Waals surface area contributed by atoms with Gasteiger partial charge in [-0.15, -0.1) is 0 Å². The van der Waals surface area contributed by atoms with Crippen molar-refractivity contribution < 1.29 is 9.21 Å². The van der Waals surface area contributed by atoms with Crippen LogP contribution in [0.15, 0.2) is 23.0 Å². The molecule has 96 valence electrons. The minimum Gasteiger partial charge on any atom is -0.472 e. The first kappa shape index (κ1) is 14.0. The predicted molar refractivity (Wildman–Crippen MR) is 68.9 cm³/mol. The van der Waals surface area contributed by atoms with Crippen molar-refractivity contribution >= 4 is 5.78 Å². The standard InChI is InChI=1S/C14H23NO2/c1-14(2,3)12(6-8-15)4-5-13(16)11-7-9-17-10-11/h7,9-10,12H,4-6,8,15H2,1-3H3. The van der Waals surface area contributed by atoms with Crippen molar-refractivity contribution in [1.29, 1.82) is 0 Å². The van der Waals surface area contributed by atoms with Gasteiger partial charge in [-0.25, -0.2) is 0 Å². The normalized spacial score (nSPS) is 13.6. The molecule has 17 heavy (non-hydrogen) atoms. The fraction of sp³-hybridized carbons (Fsp3) is 0.643. The van der Waals surface area contributed by atoms with Crippen LogP contribution in [0.5, 0.6) is 0 Å². The Labute approximate surface area is 103 Å². The van der Waals surface area contributed by atoms with E-state index in [0.29, 0.717) is 24.4 Å². The van der Waals surface area contributed by atoms with Crippen LogP contribution in [0.25, 0.3) is 0 Å². The van der Waals surface area contributed by atoms with Gasteiger partial charge in [-0.3, -0.25) is 4.79 Å². The van der Waals surface area contributed by atoms with Crippen LogP contribution in [-0.2, 0) is 0 Å². The van der Waals surface area contributed by atoms with Crippen molar-refractivity contribution in [3.8, 4) is 0 Å². The summed E-state index contributed by atoms with van der Waals surface area (Å²) in [5.74, 6) is 0.647. The van der Waals surface area contributed by atoms with Crippen LogP contribution in [0.1, 0.15) is 50.4 Å². The second-order valence-corrected chi connectivity index (χ2v) is 5.61. The number of furan rings is 1. The summed E-state index contributed by atoms with van der Waals surface area (Å²) in [5, 5.41) is 0. The molecule has 1 rings (SSSR count). The summed E-state index contributed by atoms with van der Waals surface area (Å²) in [7, 11) is 0. The van der Waals surface area contributed by atoms with E-state index in [1.54, 1.807) is 6.07 Å². The Morgan fingerprint density at radius 3 is 2.59 bits per heavy atom. The molecule has 0 aliphatic rings. The van der Waals surface area contributed by atoms with Crippen molar-refractivity contribution in [3.63, 3.8) is 0 Å². The molecular weight excluding hydrogens is 214 g/mol. The van der Waals surface area contributed by atoms with Gasteiger partial charge in [0.05, 0.1) is 11.8 Å². The molecule has 0 saturated heterocycles. The smallest absolute Gasteiger partial charge is 0.166 e. The lowest BCUT2D eigenvalue weighted by Gasteiger charge is -2.30. The molecule has 0 fully saturated rings. The lowest BCUT2D eigenvalue weighted by atomic mass is 9.76. The topological polar surface area (TPSA) is 56.2 Å². The van der Waals surface area contributed by atoms with E-state index < -0.39 is 0 Å². The molecule has 0 amide bonds. The first-order chi connectivity index (χ1) is 7.95. The van der Waals surface area contributed by atoms with Crippen LogP contribution >= 0.6 is 0 Å². The number of hydrogen-bond donors (Lipinski definition) is 1. The van der Waals surface area contributed by atoms with E-state index in [-0.39, 0.29) is 11.2 Å². The van der Waals surface area contributed by atoms with Crippen molar-refractivity contribution in [2.45, 2.75) is 40.0 Å². The molecule has 0 aliphatic carbocycles. The zero-order chi connectivity index (χ0) is 12.9. The Hall–Kier alpha value is -1.09. The summed E-state index contributed by atoms with van der Waals surface area (Å²) in [6, 6.07) is 1.72. The Kier molecular flexibility index (Phi) is 4.94. The molecule has 3 nitrogen and oxygen atoms in total. The van der Waals surface area contributed by atoms with Crippen LogP contribution in [0.4, 0.5) is 0 Å². The SMILES string of the molecule is CC(C)(C)C(CCN)CCC(=O)c1ccoc1. The number of rotatable bonds is 6. The van der Waals surface area contributed by atoms with Gasteiger partial charge in [0.1, 0.15) is 6.26 Å². The largest absolute Gasteiger partial charge is 0.472 e. The summed E-state index contributed by atoms with van der Waals surface area (Å²) < 4.78 is 4.92. The molecule has 1 unspecified atom stereocenters. The maximum atomic E-state index is 11.9. The highest BCUT2D eigenvalue weighted by Crippen LogP contribution is 2.32. The van der Waals surface area contributed by atoms with E-state index in [1.807, 2.05) is 0 Å². The highest BCUT2D eigenvalue weighted by atomic mass is 16.3. The second kappa shape index (κ2) is 6.01. The summed E-state index contributed by atoms with van der Waals surface area (Å²) in [6.07, 6.45) is 5.49. The number of carbonyl (C=O) groups excluding carboxylic acids is 1. The van der Waals surface area contributed by atoms with Crippen molar-refractivity contribution in [3.05, 3.63) is 24.2 Å². The highest BCUT2D eigenvalue weighted by Gasteiger charge is 2.24. The molecule has 0 bridgehead atoms. The van der Waals surface area contributed by atoms with Gasteiger partial charge in [0.25, 0.3) is 0 Å². The van der Waals surface area contributed by atoms with E-state index in [4.69, 9.17) is 10.2 Å². The Morgan fingerprint density at radius 1 is 1.41 bits per heavy atom. The molecule has 1 aromatic heterocycles. The first-order valence-corrected chi connectivity index (χ1v) is 6.20. The minimum atomic E-state index is 0.157. The van der Waals surface area contributed by atoms with Crippen molar-refractivity contribution in [2.75, 3.05) is 6.54 Å². The molecular formula is C14H23NO2. The number of Topliss-reactive ketones (excluding diaryl/α,β-unsaturated/α-hetero) is 1. The van der Waals surface area contributed by atoms with Crippen LogP contribution in [-0.4, -0.2) is 12.3 Å². The van der Waals surface area contributed by atoms with Gasteiger partial charge in [-0.1, -0.05) is 20.8 Å². The molecule has 0 aliphatic heterocycles. The molecule has 1 atom stereocenters. The molecule has 3 heteroatoms. The molecule has 1 aromatic rings. The maximum absolute atomic E-state index is 11.9. The number of carbonyl (C=O) groups is 1. The summed E-state index contributed by atoms with van der Waals surface area (Å²) >= 11 is 0. The molecule has 0 radical (unpaired) electrons. The molecule has 0 saturated carbocycles. The van der Waals surface area contributed by atoms with Gasteiger partial charge in [0.2, 0.25) is 0 Å². The number of hydrogen-bond acceptors (Lipinski definition) is 3. The second-order valence-electron chi connectivity index (χ2n) is 5.61. The van der Waals surface area contributed by atoms with E-state index in [9.17, 15) is 4.79 Å². The van der Waals surface area contributed by atoms with E-state index >= 15 is 0 Å². The van der Waals surface area contributed by atoms with Crippen molar-refractivity contribution in [2.24, 2.45) is 17.1 Å². The van der Waals surface area contributed by atoms with Crippen molar-refractivity contribution in [1.82, 2.24) is 0 Å². The van der Waals surface area contributed by atoms with Gasteiger partial charge in [-0.05, 0) is 36.8 Å². The molecule has 2 N–H and O–H groups in total. The summed E-state index contributed by atoms with van der Waals surface area (Å²) in [6.45, 7) is 7.29. The lowest BCUT2D eigenvalue weighted by Crippen LogP contribution is -2.24. The third kappa shape index (κ3) is 4.35. The summed E-state index contributed by atoms with van der Waals surface area (Å²) in [5.41, 5.74) is 6.50. The van der Waals surface area contributed by atoms with Crippen LogP contribution in [0, 0.1) is 11.3 Å². The average molecular weight is 237 g/mol. The van der Waals surface area contributed by atoms with E-state index in [0.717, 1.165) is 12.8 Å². The van der Waals surface area contributed by atoms with Gasteiger partial charge in [-0.2, -0.15) is 0 Å². The average Bonchev–Trinajstić information content (AvgIpc) is 2.75. The zero-order valence-corrected chi connectivity index (χ0v) is 11.0. The monoisotopic (exact) mass is 237 g/mol. The Balaban J connectivity index is 2.50. The fourth-order valence-electron chi connectivity index (χ4n) is 2.08. The summed E-state index contributed by atoms with van der Waals surface area (Å²) in [4.78, 5) is 11.9. The van der Waals surface area contributed by atoms with Gasteiger partial charge < -0.3 is 10.2 Å². The van der Waals surface area contributed by atoms with Gasteiger partial charge >= 0.3 is 0 Å². The number of nitrogens with two attached hydrogens (primary N) is 1. The van der Waals surface area contributed by atoms with Gasteiger partial charge in [0.15, 0.2) is 5.78 Å². The van der Waals surface area contributed by atoms with Crippen LogP contribution in [0.2, 0.25) is 0 Å². The van der Waals surface area contributed by atoms with Gasteiger partial charge in [0, 0.05) is 6.42 Å². The third-order valence-corrected chi connectivity index (χ3v) is 3.30. The predicted octanol–water partition coefficient (Wildman–Crippen LogP) is 3.25. The highest BCUT2D eigenvalue weighted by molar-refractivity contribution is 5.95. The quantitative estimate of drug-likeness (QED) is 0.773. The fourth-order valence-corrected chi connectivity index (χ4v) is 2.08. The first-order valence-electron chi connectivity index (χ1n) is 6.20. The Morgan fingerprint density at radius 2 is 2.12 bits per heavy atom. The maximum Gasteiger partial charge on any atom is 0.166 e. The van der Waals surface area contributed by atoms with E-state index in [2.05, 4.69) is 20.8 Å². The lowest BCUT2D eigenvalue weighted by molar-refractivity contribution is 0.0957. The van der Waals surface area contributed by atoms with Crippen LogP contribution in [0.3, 0.4) is 0 Å². The molecule has 0 spiro atoms. The molecule has 1 heterocycles. The molecule has 0 aromatic carbocycles. The van der Waals surface area contributed by atoms with E-state index in [1.165, 1.54) is 12.5 Å².